The van der Waals surface area contributed by atoms with Crippen molar-refractivity contribution in [2.24, 2.45) is 45.3 Å². The molecule has 0 bridgehead atoms. The monoisotopic (exact) mass is 654 g/mol. The highest BCUT2D eigenvalue weighted by Crippen LogP contribution is 2.37. The summed E-state index contributed by atoms with van der Waals surface area (Å²) in [5.74, 6) is -1.72. The van der Waals surface area contributed by atoms with E-state index in [1.807, 2.05) is 0 Å². The molecule has 2 heterocycles. The normalized spacial score (nSPS) is 41.9. The molecule has 18 nitrogen and oxygen atoms in total. The van der Waals surface area contributed by atoms with E-state index in [1.54, 1.807) is 0 Å². The molecule has 18 N–H and O–H groups in total. The van der Waals surface area contributed by atoms with Crippen LogP contribution in [0, 0.1) is 5.92 Å². The number of aliphatic hydroxyl groups excluding tert-OH is 5. The third-order valence-electron chi connectivity index (χ3n) is 8.39. The summed E-state index contributed by atoms with van der Waals surface area (Å²) in [4.78, 5) is 16.8. The lowest BCUT2D eigenvalue weighted by Gasteiger charge is -2.48. The van der Waals surface area contributed by atoms with Crippen molar-refractivity contribution >= 4 is 11.7 Å². The zero-order chi connectivity index (χ0) is 33.4. The molecule has 45 heavy (non-hydrogen) atoms. The Morgan fingerprint density at radius 3 is 2.27 bits per heavy atom. The Morgan fingerprint density at radius 1 is 0.978 bits per heavy atom. The lowest BCUT2D eigenvalue weighted by atomic mass is 9.77. The van der Waals surface area contributed by atoms with E-state index in [1.165, 1.54) is 0 Å². The molecule has 19 heteroatoms. The van der Waals surface area contributed by atoms with Crippen LogP contribution in [0.15, 0.2) is 4.99 Å². The fraction of sp³-hybridized carbons (Fsp3) is 0.923. The topological polar surface area (TPSA) is 336 Å². The van der Waals surface area contributed by atoms with Crippen molar-refractivity contribution in [3.05, 3.63) is 0 Å². The van der Waals surface area contributed by atoms with Gasteiger partial charge in [-0.05, 0) is 31.7 Å². The number of hydrogen-bond acceptors (Lipinski definition) is 16. The molecule has 262 valence electrons. The molecule has 0 aromatic rings. The molecule has 2 aliphatic heterocycles. The van der Waals surface area contributed by atoms with E-state index in [-0.39, 0.29) is 57.8 Å². The summed E-state index contributed by atoms with van der Waals surface area (Å²) in [6.07, 6.45) is -15.8. The van der Waals surface area contributed by atoms with Gasteiger partial charge in [0.2, 0.25) is 0 Å². The van der Waals surface area contributed by atoms with Gasteiger partial charge in [0.1, 0.15) is 30.5 Å². The predicted octanol–water partition coefficient (Wildman–Crippen LogP) is -6.46. The third kappa shape index (κ3) is 9.45. The van der Waals surface area contributed by atoms with E-state index in [2.05, 4.69) is 10.3 Å². The van der Waals surface area contributed by atoms with Gasteiger partial charge in [-0.1, -0.05) is 0 Å². The number of rotatable bonds is 14. The second-order valence-electron chi connectivity index (χ2n) is 11.7. The first-order valence-electron chi connectivity index (χ1n) is 15.2. The Labute approximate surface area is 260 Å². The number of carbonyl (C=O) groups excluding carboxylic acids is 1. The number of ether oxygens (including phenoxy) is 4. The zero-order valence-electron chi connectivity index (χ0n) is 25.1. The van der Waals surface area contributed by atoms with Crippen LogP contribution in [0.2, 0.25) is 0 Å². The summed E-state index contributed by atoms with van der Waals surface area (Å²) in [5, 5.41) is 54.8. The highest BCUT2D eigenvalue weighted by Gasteiger charge is 2.52. The maximum Gasteiger partial charge on any atom is 0.189 e. The maximum absolute atomic E-state index is 16.5. The molecule has 0 radical (unpaired) electrons. The SMILES string of the molecule is NCCN=C(N)NC1[C@@H](O)C(OC2[C@H](CC(=O)[C@@H](O)CCN)CC(N)[C@@H](O[C@H]3OC(CN)[C@@H](O)CC3N)[C@@H]2F)O[C@H](CO)[C@H]1O. The Bertz CT molecular complexity index is 961. The first-order valence-corrected chi connectivity index (χ1v) is 15.2. The van der Waals surface area contributed by atoms with Gasteiger partial charge in [-0.15, -0.1) is 0 Å². The minimum Gasteiger partial charge on any atom is -0.394 e. The van der Waals surface area contributed by atoms with Gasteiger partial charge in [-0.2, -0.15) is 0 Å². The Morgan fingerprint density at radius 2 is 1.64 bits per heavy atom. The lowest BCUT2D eigenvalue weighted by molar-refractivity contribution is -0.315. The van der Waals surface area contributed by atoms with Crippen molar-refractivity contribution in [1.82, 2.24) is 5.32 Å². The summed E-state index contributed by atoms with van der Waals surface area (Å²) in [6.45, 7) is -0.379. The number of aliphatic imine (C=N–C) groups is 1. The molecule has 1 saturated carbocycles. The predicted molar refractivity (Wildman–Crippen MR) is 157 cm³/mol. The van der Waals surface area contributed by atoms with Gasteiger partial charge in [0, 0.05) is 25.6 Å². The maximum atomic E-state index is 16.5. The number of halogens is 1. The van der Waals surface area contributed by atoms with E-state index in [0.717, 1.165) is 0 Å². The highest BCUT2D eigenvalue weighted by molar-refractivity contribution is 5.83. The quantitative estimate of drug-likeness (QED) is 0.0611. The van der Waals surface area contributed by atoms with Gasteiger partial charge in [-0.3, -0.25) is 9.79 Å². The second-order valence-corrected chi connectivity index (χ2v) is 11.7. The smallest absolute Gasteiger partial charge is 0.189 e. The van der Waals surface area contributed by atoms with Crippen LogP contribution in [-0.4, -0.2) is 156 Å². The standard InChI is InChI=1S/C26H51FN8O10/c27-18-22(44-25-21(41)19(20(40)17(9-36)43-25)35-26(33)34-4-3-29)10(6-14(38)13(37)1-2-28)5-11(31)23(18)45-24-12(32)7-15(39)16(8-30)42-24/h10-13,15-25,36-37,39-41H,1-9,28-32H2,(H3,33,34,35)/t10-,11?,12?,13-,15-,16?,17+,18+,19?,20+,21+,22?,23+,24+,25?/m0/s1. The largest absolute Gasteiger partial charge is 0.394 e. The van der Waals surface area contributed by atoms with Crippen LogP contribution in [0.5, 0.6) is 0 Å². The lowest BCUT2D eigenvalue weighted by Crippen LogP contribution is -2.67. The zero-order valence-corrected chi connectivity index (χ0v) is 25.1. The van der Waals surface area contributed by atoms with Crippen LogP contribution in [-0.2, 0) is 23.7 Å². The summed E-state index contributed by atoms with van der Waals surface area (Å²) in [5.41, 5.74) is 34.9. The number of nitrogens with one attached hydrogen (secondary N) is 1. The molecule has 3 fully saturated rings. The van der Waals surface area contributed by atoms with Crippen LogP contribution >= 0.6 is 0 Å². The van der Waals surface area contributed by atoms with E-state index in [4.69, 9.17) is 53.3 Å². The van der Waals surface area contributed by atoms with E-state index in [0.29, 0.717) is 0 Å². The molecule has 6 unspecified atom stereocenters. The number of aliphatic hydroxyl groups is 5. The summed E-state index contributed by atoms with van der Waals surface area (Å²) in [7, 11) is 0. The van der Waals surface area contributed by atoms with Crippen molar-refractivity contribution in [2.45, 2.75) is 111 Å². The molecule has 0 aromatic carbocycles. The van der Waals surface area contributed by atoms with Gasteiger partial charge < -0.3 is 84.2 Å². The average Bonchev–Trinajstić information content (AvgIpc) is 3.00. The Balaban J connectivity index is 1.88. The van der Waals surface area contributed by atoms with Crippen LogP contribution < -0.4 is 39.7 Å². The third-order valence-corrected chi connectivity index (χ3v) is 8.39. The van der Waals surface area contributed by atoms with Crippen LogP contribution in [0.1, 0.15) is 25.7 Å². The van der Waals surface area contributed by atoms with Gasteiger partial charge >= 0.3 is 0 Å². The number of nitrogens with two attached hydrogens (primary N) is 6. The van der Waals surface area contributed by atoms with E-state index < -0.39 is 104 Å². The minimum atomic E-state index is -2.06. The molecule has 0 spiro atoms. The van der Waals surface area contributed by atoms with Crippen molar-refractivity contribution in [1.29, 1.82) is 0 Å². The number of ketones is 1. The van der Waals surface area contributed by atoms with Crippen molar-refractivity contribution in [3.63, 3.8) is 0 Å². The molecule has 2 saturated heterocycles. The van der Waals surface area contributed by atoms with Gasteiger partial charge in [-0.25, -0.2) is 4.39 Å². The summed E-state index contributed by atoms with van der Waals surface area (Å²) >= 11 is 0. The number of Topliss-reactive ketones (excluding diaryl/α,β-unsaturated/α-hetero) is 1. The van der Waals surface area contributed by atoms with Crippen molar-refractivity contribution in [2.75, 3.05) is 32.8 Å². The first kappa shape index (κ1) is 37.8. The highest BCUT2D eigenvalue weighted by atomic mass is 19.1. The molecular weight excluding hydrogens is 603 g/mol. The van der Waals surface area contributed by atoms with E-state index in [9.17, 15) is 30.3 Å². The first-order chi connectivity index (χ1) is 21.4. The Hall–Kier alpha value is -1.69. The van der Waals surface area contributed by atoms with Crippen LogP contribution in [0.4, 0.5) is 4.39 Å². The second kappa shape index (κ2) is 17.5. The van der Waals surface area contributed by atoms with E-state index >= 15 is 4.39 Å². The van der Waals surface area contributed by atoms with Gasteiger partial charge in [0.15, 0.2) is 30.5 Å². The molecular formula is C26H51FN8O10. The fourth-order valence-electron chi connectivity index (χ4n) is 5.91. The summed E-state index contributed by atoms with van der Waals surface area (Å²) < 4.78 is 39.8. The molecule has 3 aliphatic rings. The number of hydrogen-bond donors (Lipinski definition) is 12. The minimum absolute atomic E-state index is 0.0139. The molecule has 15 atom stereocenters. The van der Waals surface area contributed by atoms with Crippen molar-refractivity contribution < 1.29 is 53.7 Å². The van der Waals surface area contributed by atoms with Gasteiger partial charge in [0.25, 0.3) is 0 Å². The molecule has 3 rings (SSSR count). The molecule has 0 amide bonds. The average molecular weight is 655 g/mol. The van der Waals surface area contributed by atoms with Crippen molar-refractivity contribution in [3.8, 4) is 0 Å². The Kier molecular flexibility index (Phi) is 14.7. The number of carbonyl (C=O) groups is 1. The van der Waals surface area contributed by atoms with Crippen LogP contribution in [0.3, 0.4) is 0 Å². The van der Waals surface area contributed by atoms with Crippen LogP contribution in [0.25, 0.3) is 0 Å². The number of guanidine groups is 1. The summed E-state index contributed by atoms with van der Waals surface area (Å²) in [6, 6.07) is -3.13. The number of nitrogens with zero attached hydrogens (tertiary/aromatic N) is 1. The molecule has 1 aliphatic carbocycles. The number of alkyl halides is 1. The van der Waals surface area contributed by atoms with Gasteiger partial charge in [0.05, 0.1) is 43.5 Å². The molecule has 0 aromatic heterocycles. The fourth-order valence-corrected chi connectivity index (χ4v) is 5.91.